The second-order valence-electron chi connectivity index (χ2n) is 2.54. The van der Waals surface area contributed by atoms with Gasteiger partial charge in [0.15, 0.2) is 0 Å². The first kappa shape index (κ1) is 11.6. The Balaban J connectivity index is 4.01. The van der Waals surface area contributed by atoms with E-state index in [1.807, 2.05) is 0 Å². The number of halogens is 1. The number of alkyl halides is 1. The highest BCUT2D eigenvalue weighted by Crippen LogP contribution is 2.04. The van der Waals surface area contributed by atoms with Gasteiger partial charge in [0.05, 0.1) is 5.92 Å². The molecule has 1 unspecified atom stereocenters. The first-order chi connectivity index (χ1) is 5.49. The van der Waals surface area contributed by atoms with Crippen molar-refractivity contribution in [3.63, 3.8) is 0 Å². The van der Waals surface area contributed by atoms with Crippen LogP contribution >= 0.6 is 22.6 Å². The van der Waals surface area contributed by atoms with Gasteiger partial charge in [-0.25, -0.2) is 4.79 Å². The molecule has 0 N–H and O–H groups in total. The maximum absolute atomic E-state index is 11.0. The summed E-state index contributed by atoms with van der Waals surface area (Å²) in [6.45, 7) is 6.58. The molecule has 0 saturated heterocycles. The van der Waals surface area contributed by atoms with Crippen molar-refractivity contribution in [3.05, 3.63) is 12.2 Å². The zero-order valence-corrected chi connectivity index (χ0v) is 9.25. The van der Waals surface area contributed by atoms with Crippen molar-refractivity contribution in [2.45, 2.75) is 13.8 Å². The van der Waals surface area contributed by atoms with E-state index < -0.39 is 11.9 Å². The van der Waals surface area contributed by atoms with Crippen molar-refractivity contribution in [3.8, 4) is 0 Å². The summed E-state index contributed by atoms with van der Waals surface area (Å²) in [5, 5.41) is 0. The molecular weight excluding hydrogens is 271 g/mol. The Morgan fingerprint density at radius 1 is 1.58 bits per heavy atom. The third-order valence-electron chi connectivity index (χ3n) is 1.18. The molecule has 0 bridgehead atoms. The Labute approximate surface area is 85.3 Å². The number of rotatable bonds is 3. The second kappa shape index (κ2) is 5.29. The van der Waals surface area contributed by atoms with Crippen LogP contribution < -0.4 is 0 Å². The quantitative estimate of drug-likeness (QED) is 0.260. The normalized spacial score (nSPS) is 11.9. The third kappa shape index (κ3) is 3.85. The average Bonchev–Trinajstić information content (AvgIpc) is 2.02. The van der Waals surface area contributed by atoms with E-state index in [2.05, 4.69) is 33.9 Å². The molecule has 4 heteroatoms. The molecule has 12 heavy (non-hydrogen) atoms. The van der Waals surface area contributed by atoms with Crippen LogP contribution in [0.4, 0.5) is 0 Å². The zero-order chi connectivity index (χ0) is 9.72. The Hall–Kier alpha value is -0.390. The lowest BCUT2D eigenvalue weighted by molar-refractivity contribution is -0.159. The molecule has 0 spiro atoms. The first-order valence-electron chi connectivity index (χ1n) is 3.46. The standard InChI is InChI=1S/C8H11IO3/c1-5(2)7(10)12-8(11)6(3)4-9/h6H,1,4H2,2-3H3. The highest BCUT2D eigenvalue weighted by Gasteiger charge is 2.16. The van der Waals surface area contributed by atoms with Crippen LogP contribution in [0.3, 0.4) is 0 Å². The summed E-state index contributed by atoms with van der Waals surface area (Å²) in [4.78, 5) is 21.8. The summed E-state index contributed by atoms with van der Waals surface area (Å²) in [7, 11) is 0. The van der Waals surface area contributed by atoms with Crippen LogP contribution in [0.15, 0.2) is 12.2 Å². The maximum atomic E-state index is 11.0. The van der Waals surface area contributed by atoms with Gasteiger partial charge >= 0.3 is 11.9 Å². The van der Waals surface area contributed by atoms with E-state index in [1.165, 1.54) is 6.92 Å². The van der Waals surface area contributed by atoms with Crippen LogP contribution in [0.2, 0.25) is 0 Å². The van der Waals surface area contributed by atoms with E-state index in [0.29, 0.717) is 4.43 Å². The molecular formula is C8H11IO3. The van der Waals surface area contributed by atoms with Gasteiger partial charge in [0, 0.05) is 10.0 Å². The van der Waals surface area contributed by atoms with Gasteiger partial charge in [0.2, 0.25) is 0 Å². The van der Waals surface area contributed by atoms with E-state index >= 15 is 0 Å². The maximum Gasteiger partial charge on any atom is 0.340 e. The van der Waals surface area contributed by atoms with E-state index in [0.717, 1.165) is 0 Å². The Morgan fingerprint density at radius 3 is 2.42 bits per heavy atom. The number of hydrogen-bond donors (Lipinski definition) is 0. The van der Waals surface area contributed by atoms with Crippen LogP contribution in [-0.4, -0.2) is 16.4 Å². The molecule has 1 atom stereocenters. The lowest BCUT2D eigenvalue weighted by Gasteiger charge is -2.05. The molecule has 0 aliphatic rings. The fourth-order valence-electron chi connectivity index (χ4n) is 0.342. The molecule has 0 rings (SSSR count). The van der Waals surface area contributed by atoms with Crippen molar-refractivity contribution >= 4 is 34.5 Å². The van der Waals surface area contributed by atoms with Gasteiger partial charge in [-0.3, -0.25) is 4.79 Å². The molecule has 0 heterocycles. The van der Waals surface area contributed by atoms with Crippen LogP contribution in [0.5, 0.6) is 0 Å². The highest BCUT2D eigenvalue weighted by atomic mass is 127. The predicted octanol–water partition coefficient (Wildman–Crippen LogP) is 1.70. The minimum absolute atomic E-state index is 0.240. The van der Waals surface area contributed by atoms with Crippen LogP contribution in [-0.2, 0) is 14.3 Å². The van der Waals surface area contributed by atoms with Crippen LogP contribution in [0.25, 0.3) is 0 Å². The molecule has 0 aromatic heterocycles. The van der Waals surface area contributed by atoms with E-state index in [-0.39, 0.29) is 11.5 Å². The summed E-state index contributed by atoms with van der Waals surface area (Å²) >= 11 is 2.06. The second-order valence-corrected chi connectivity index (χ2v) is 3.43. The van der Waals surface area contributed by atoms with E-state index in [1.54, 1.807) is 6.92 Å². The number of carbonyl (C=O) groups is 2. The molecule has 0 amide bonds. The topological polar surface area (TPSA) is 43.4 Å². The fraction of sp³-hybridized carbons (Fsp3) is 0.500. The molecule has 0 saturated carbocycles. The van der Waals surface area contributed by atoms with Gasteiger partial charge < -0.3 is 4.74 Å². The minimum Gasteiger partial charge on any atom is -0.389 e. The van der Waals surface area contributed by atoms with E-state index in [9.17, 15) is 9.59 Å². The molecule has 68 valence electrons. The molecule has 0 aromatic carbocycles. The van der Waals surface area contributed by atoms with E-state index in [4.69, 9.17) is 0 Å². The predicted molar refractivity (Wildman–Crippen MR) is 54.0 cm³/mol. The van der Waals surface area contributed by atoms with Gasteiger partial charge in [0.25, 0.3) is 0 Å². The highest BCUT2D eigenvalue weighted by molar-refractivity contribution is 14.1. The lowest BCUT2D eigenvalue weighted by atomic mass is 10.2. The molecule has 3 nitrogen and oxygen atoms in total. The summed E-state index contributed by atoms with van der Waals surface area (Å²) in [5.74, 6) is -1.37. The van der Waals surface area contributed by atoms with Crippen molar-refractivity contribution in [1.29, 1.82) is 0 Å². The van der Waals surface area contributed by atoms with Gasteiger partial charge in [-0.05, 0) is 6.92 Å². The largest absolute Gasteiger partial charge is 0.389 e. The fourth-order valence-corrected chi connectivity index (χ4v) is 0.702. The molecule has 0 fully saturated rings. The monoisotopic (exact) mass is 282 g/mol. The smallest absolute Gasteiger partial charge is 0.340 e. The van der Waals surface area contributed by atoms with Gasteiger partial charge in [0.1, 0.15) is 0 Å². The zero-order valence-electron chi connectivity index (χ0n) is 7.09. The number of hydrogen-bond acceptors (Lipinski definition) is 3. The summed E-state index contributed by atoms with van der Waals surface area (Å²) < 4.78 is 5.12. The van der Waals surface area contributed by atoms with Crippen molar-refractivity contribution < 1.29 is 14.3 Å². The number of ether oxygens (including phenoxy) is 1. The minimum atomic E-state index is -0.642. The van der Waals surface area contributed by atoms with Gasteiger partial charge in [-0.2, -0.15) is 0 Å². The Morgan fingerprint density at radius 2 is 2.08 bits per heavy atom. The number of carbonyl (C=O) groups excluding carboxylic acids is 2. The molecule has 0 aromatic rings. The van der Waals surface area contributed by atoms with Crippen molar-refractivity contribution in [1.82, 2.24) is 0 Å². The Bertz CT molecular complexity index is 210. The Kier molecular flexibility index (Phi) is 5.12. The number of esters is 2. The van der Waals surface area contributed by atoms with Crippen molar-refractivity contribution in [2.24, 2.45) is 5.92 Å². The molecule has 0 aliphatic carbocycles. The first-order valence-corrected chi connectivity index (χ1v) is 4.99. The van der Waals surface area contributed by atoms with Gasteiger partial charge in [-0.1, -0.05) is 36.1 Å². The summed E-state index contributed by atoms with van der Waals surface area (Å²) in [5.41, 5.74) is 0.240. The van der Waals surface area contributed by atoms with Crippen LogP contribution in [0, 0.1) is 5.92 Å². The molecule has 0 aliphatic heterocycles. The summed E-state index contributed by atoms with van der Waals surface area (Å²) in [6, 6.07) is 0. The van der Waals surface area contributed by atoms with Gasteiger partial charge in [-0.15, -0.1) is 0 Å². The summed E-state index contributed by atoms with van der Waals surface area (Å²) in [6.07, 6.45) is 0. The van der Waals surface area contributed by atoms with Crippen molar-refractivity contribution in [2.75, 3.05) is 4.43 Å². The SMILES string of the molecule is C=C(C)C(=O)OC(=O)C(C)CI. The third-order valence-corrected chi connectivity index (χ3v) is 2.50. The molecule has 0 radical (unpaired) electrons. The average molecular weight is 282 g/mol. The van der Waals surface area contributed by atoms with Crippen LogP contribution in [0.1, 0.15) is 13.8 Å². The lowest BCUT2D eigenvalue weighted by Crippen LogP contribution is -2.20.